The normalized spacial score (nSPS) is 22.1. The van der Waals surface area contributed by atoms with Crippen LogP contribution >= 0.6 is 15.9 Å². The van der Waals surface area contributed by atoms with E-state index in [1.807, 2.05) is 30.3 Å². The highest BCUT2D eigenvalue weighted by atomic mass is 79.9. The van der Waals surface area contributed by atoms with E-state index >= 15 is 0 Å². The third-order valence-corrected chi connectivity index (χ3v) is 5.65. The number of likely N-dealkylation sites (tertiary alicyclic amines) is 1. The van der Waals surface area contributed by atoms with Crippen molar-refractivity contribution in [3.8, 4) is 0 Å². The molecule has 1 fully saturated rings. The van der Waals surface area contributed by atoms with Gasteiger partial charge < -0.3 is 20.5 Å². The molecule has 5 nitrogen and oxygen atoms in total. The molecule has 1 saturated heterocycles. The fraction of sp³-hybridized carbons (Fsp3) is 0.350. The molecule has 3 rings (SSSR count). The van der Waals surface area contributed by atoms with Crippen molar-refractivity contribution in [1.82, 2.24) is 4.90 Å². The Kier molecular flexibility index (Phi) is 6.14. The Morgan fingerprint density at radius 1 is 1.30 bits per heavy atom. The maximum Gasteiger partial charge on any atom is 0.410 e. The van der Waals surface area contributed by atoms with E-state index in [1.54, 1.807) is 18.2 Å². The molecule has 0 aromatic heterocycles. The van der Waals surface area contributed by atoms with E-state index in [0.717, 1.165) is 5.56 Å². The van der Waals surface area contributed by atoms with E-state index in [9.17, 15) is 14.3 Å². The lowest BCUT2D eigenvalue weighted by Gasteiger charge is -2.33. The van der Waals surface area contributed by atoms with E-state index in [1.165, 1.54) is 4.90 Å². The van der Waals surface area contributed by atoms with Gasteiger partial charge in [-0.25, -0.2) is 9.18 Å². The molecule has 0 aliphatic carbocycles. The number of aliphatic hydroxyl groups is 1. The Labute approximate surface area is 166 Å². The lowest BCUT2D eigenvalue weighted by molar-refractivity contribution is 0.0786. The van der Waals surface area contributed by atoms with Crippen LogP contribution in [0.2, 0.25) is 0 Å². The Morgan fingerprint density at radius 2 is 2.04 bits per heavy atom. The minimum atomic E-state index is -0.999. The highest BCUT2D eigenvalue weighted by molar-refractivity contribution is 9.10. The summed E-state index contributed by atoms with van der Waals surface area (Å²) in [4.78, 5) is 14.1. The van der Waals surface area contributed by atoms with Crippen molar-refractivity contribution in [2.75, 3.05) is 13.2 Å². The molecular formula is C20H22BrFN2O3. The molecule has 1 amide bonds. The van der Waals surface area contributed by atoms with Crippen molar-refractivity contribution < 1.29 is 19.0 Å². The first-order chi connectivity index (χ1) is 12.9. The second kappa shape index (κ2) is 8.37. The topological polar surface area (TPSA) is 75.8 Å². The smallest absolute Gasteiger partial charge is 0.410 e. The van der Waals surface area contributed by atoms with Crippen LogP contribution in [0.4, 0.5) is 9.18 Å². The zero-order chi connectivity index (χ0) is 19.4. The Hall–Kier alpha value is -1.96. The number of nitrogens with two attached hydrogens (primary N) is 1. The third-order valence-electron chi connectivity index (χ3n) is 5.04. The zero-order valence-electron chi connectivity index (χ0n) is 14.8. The molecule has 1 aliphatic rings. The summed E-state index contributed by atoms with van der Waals surface area (Å²) in [5.41, 5.74) is 6.65. The van der Waals surface area contributed by atoms with Gasteiger partial charge in [0.25, 0.3) is 0 Å². The van der Waals surface area contributed by atoms with Crippen LogP contribution in [-0.4, -0.2) is 40.8 Å². The van der Waals surface area contributed by atoms with Gasteiger partial charge in [0.2, 0.25) is 0 Å². The van der Waals surface area contributed by atoms with E-state index in [4.69, 9.17) is 10.5 Å². The van der Waals surface area contributed by atoms with Gasteiger partial charge in [-0.1, -0.05) is 42.5 Å². The number of benzene rings is 2. The van der Waals surface area contributed by atoms with Crippen LogP contribution in [0.3, 0.4) is 0 Å². The van der Waals surface area contributed by atoms with Crippen LogP contribution in [0.15, 0.2) is 53.0 Å². The second-order valence-electron chi connectivity index (χ2n) is 6.81. The number of hydrogen-bond acceptors (Lipinski definition) is 4. The molecular weight excluding hydrogens is 415 g/mol. The molecule has 2 atom stereocenters. The zero-order valence-corrected chi connectivity index (χ0v) is 16.4. The molecule has 2 aromatic carbocycles. The number of carbonyl (C=O) groups is 1. The predicted molar refractivity (Wildman–Crippen MR) is 104 cm³/mol. The van der Waals surface area contributed by atoms with Crippen LogP contribution in [0, 0.1) is 5.82 Å². The molecule has 144 valence electrons. The number of halogens is 2. The van der Waals surface area contributed by atoms with Crippen LogP contribution in [0.5, 0.6) is 0 Å². The summed E-state index contributed by atoms with van der Waals surface area (Å²) in [6.45, 7) is 0.200. The maximum absolute atomic E-state index is 14.4. The highest BCUT2D eigenvalue weighted by Gasteiger charge is 2.47. The van der Waals surface area contributed by atoms with Crippen molar-refractivity contribution >= 4 is 22.0 Å². The van der Waals surface area contributed by atoms with E-state index in [2.05, 4.69) is 15.9 Å². The van der Waals surface area contributed by atoms with Crippen LogP contribution in [0.25, 0.3) is 0 Å². The van der Waals surface area contributed by atoms with Crippen molar-refractivity contribution in [2.45, 2.75) is 31.0 Å². The number of rotatable bonds is 5. The Morgan fingerprint density at radius 3 is 2.74 bits per heavy atom. The number of hydrogen-bond donors (Lipinski definition) is 2. The van der Waals surface area contributed by atoms with Gasteiger partial charge in [-0.15, -0.1) is 0 Å². The molecule has 1 heterocycles. The molecule has 0 spiro atoms. The molecule has 0 saturated carbocycles. The summed E-state index contributed by atoms with van der Waals surface area (Å²) in [7, 11) is 0. The van der Waals surface area contributed by atoms with Gasteiger partial charge in [0, 0.05) is 6.54 Å². The van der Waals surface area contributed by atoms with Crippen LogP contribution in [0.1, 0.15) is 17.5 Å². The SMILES string of the molecule is NC1(CO)CCN(C(=O)OCc2ccccc2)C1Cc1cccc(Br)c1F. The highest BCUT2D eigenvalue weighted by Crippen LogP contribution is 2.31. The number of carbonyl (C=O) groups excluding carboxylic acids is 1. The quantitative estimate of drug-likeness (QED) is 0.754. The molecule has 7 heteroatoms. The van der Waals surface area contributed by atoms with Crippen molar-refractivity contribution in [3.05, 3.63) is 69.9 Å². The van der Waals surface area contributed by atoms with Crippen molar-refractivity contribution in [2.24, 2.45) is 5.73 Å². The molecule has 2 unspecified atom stereocenters. The summed E-state index contributed by atoms with van der Waals surface area (Å²) in [6.07, 6.45) is 0.104. The lowest BCUT2D eigenvalue weighted by Crippen LogP contribution is -2.56. The monoisotopic (exact) mass is 436 g/mol. The van der Waals surface area contributed by atoms with Gasteiger partial charge in [0.1, 0.15) is 12.4 Å². The molecule has 1 aliphatic heterocycles. The molecule has 3 N–H and O–H groups in total. The van der Waals surface area contributed by atoms with Crippen molar-refractivity contribution in [1.29, 1.82) is 0 Å². The summed E-state index contributed by atoms with van der Waals surface area (Å²) in [5, 5.41) is 9.80. The molecule has 0 bridgehead atoms. The lowest BCUT2D eigenvalue weighted by atomic mass is 9.88. The Balaban J connectivity index is 1.76. The van der Waals surface area contributed by atoms with Gasteiger partial charge in [-0.3, -0.25) is 0 Å². The minimum absolute atomic E-state index is 0.144. The summed E-state index contributed by atoms with van der Waals surface area (Å²) in [5.74, 6) is -0.387. The van der Waals surface area contributed by atoms with Gasteiger partial charge in [0.15, 0.2) is 0 Å². The second-order valence-corrected chi connectivity index (χ2v) is 7.66. The minimum Gasteiger partial charge on any atom is -0.445 e. The van der Waals surface area contributed by atoms with E-state index in [0.29, 0.717) is 23.0 Å². The first kappa shape index (κ1) is 19.8. The standard InChI is InChI=1S/C20H22BrFN2O3/c21-16-8-4-7-15(18(16)22)11-17-20(23,13-25)9-10-24(17)19(26)27-12-14-5-2-1-3-6-14/h1-8,17,25H,9-13,23H2. The summed E-state index contributed by atoms with van der Waals surface area (Å²) in [6, 6.07) is 13.8. The fourth-order valence-corrected chi connectivity index (χ4v) is 3.80. The van der Waals surface area contributed by atoms with Gasteiger partial charge in [0.05, 0.1) is 22.7 Å². The predicted octanol–water partition coefficient (Wildman–Crippen LogP) is 3.23. The number of ether oxygens (including phenoxy) is 1. The van der Waals surface area contributed by atoms with Crippen molar-refractivity contribution in [3.63, 3.8) is 0 Å². The fourth-order valence-electron chi connectivity index (χ4n) is 3.39. The number of nitrogens with zero attached hydrogens (tertiary/aromatic N) is 1. The number of amides is 1. The summed E-state index contributed by atoms with van der Waals surface area (Å²) >= 11 is 3.17. The molecule has 27 heavy (non-hydrogen) atoms. The van der Waals surface area contributed by atoms with Crippen LogP contribution < -0.4 is 5.73 Å². The first-order valence-corrected chi connectivity index (χ1v) is 9.54. The van der Waals surface area contributed by atoms with Crippen LogP contribution in [-0.2, 0) is 17.8 Å². The Bertz CT molecular complexity index is 805. The average molecular weight is 437 g/mol. The maximum atomic E-state index is 14.4. The molecule has 0 radical (unpaired) electrons. The van der Waals surface area contributed by atoms with Gasteiger partial charge >= 0.3 is 6.09 Å². The summed E-state index contributed by atoms with van der Waals surface area (Å²) < 4.78 is 20.2. The largest absolute Gasteiger partial charge is 0.445 e. The number of aliphatic hydroxyl groups excluding tert-OH is 1. The first-order valence-electron chi connectivity index (χ1n) is 8.74. The average Bonchev–Trinajstić information content (AvgIpc) is 3.01. The van der Waals surface area contributed by atoms with Gasteiger partial charge in [-0.2, -0.15) is 0 Å². The van der Waals surface area contributed by atoms with Gasteiger partial charge in [-0.05, 0) is 46.0 Å². The third kappa shape index (κ3) is 4.31. The molecule has 2 aromatic rings. The van der Waals surface area contributed by atoms with E-state index < -0.39 is 17.7 Å². The van der Waals surface area contributed by atoms with E-state index in [-0.39, 0.29) is 25.5 Å².